The smallest absolute Gasteiger partial charge is 0.370 e. The van der Waals surface area contributed by atoms with E-state index in [2.05, 4.69) is 0 Å². The molecule has 2 rings (SSSR count). The van der Waals surface area contributed by atoms with Gasteiger partial charge in [0.15, 0.2) is 11.5 Å². The third kappa shape index (κ3) is 3.35. The first-order valence-corrected chi connectivity index (χ1v) is 7.21. The van der Waals surface area contributed by atoms with Crippen LogP contribution in [0, 0.1) is 0 Å². The first-order valence-electron chi connectivity index (χ1n) is 5.53. The van der Waals surface area contributed by atoms with Crippen molar-refractivity contribution in [3.63, 3.8) is 0 Å². The summed E-state index contributed by atoms with van der Waals surface area (Å²) in [5, 5.41) is 9.59. The van der Waals surface area contributed by atoms with Crippen LogP contribution in [0.2, 0.25) is 0 Å². The molecule has 0 amide bonds. The maximum absolute atomic E-state index is 11.5. The summed E-state index contributed by atoms with van der Waals surface area (Å²) in [7, 11) is -4.52. The van der Waals surface area contributed by atoms with Crippen LogP contribution in [0.3, 0.4) is 0 Å². The second kappa shape index (κ2) is 5.45. The van der Waals surface area contributed by atoms with Gasteiger partial charge in [-0.3, -0.25) is 4.57 Å². The molecule has 0 aromatic heterocycles. The number of phenols is 1. The van der Waals surface area contributed by atoms with Gasteiger partial charge in [0.05, 0.1) is 0 Å². The molecule has 2 aromatic rings. The highest BCUT2D eigenvalue weighted by Crippen LogP contribution is 2.53. The van der Waals surface area contributed by atoms with E-state index in [1.54, 1.807) is 42.5 Å². The number of para-hydroxylation sites is 2. The van der Waals surface area contributed by atoms with Crippen molar-refractivity contribution in [3.05, 3.63) is 60.2 Å². The number of benzene rings is 2. The Bertz CT molecular complexity index is 593. The van der Waals surface area contributed by atoms with Crippen LogP contribution < -0.4 is 4.74 Å². The van der Waals surface area contributed by atoms with Crippen molar-refractivity contribution in [2.45, 2.75) is 5.85 Å². The summed E-state index contributed by atoms with van der Waals surface area (Å²) in [5.74, 6) is -1.58. The molecule has 0 saturated heterocycles. The fourth-order valence-electron chi connectivity index (χ4n) is 1.63. The van der Waals surface area contributed by atoms with Crippen molar-refractivity contribution >= 4 is 7.60 Å². The van der Waals surface area contributed by atoms with Crippen LogP contribution in [-0.4, -0.2) is 14.9 Å². The summed E-state index contributed by atoms with van der Waals surface area (Å²) in [6.45, 7) is 0. The van der Waals surface area contributed by atoms with E-state index in [-0.39, 0.29) is 11.5 Å². The predicted octanol–water partition coefficient (Wildman–Crippen LogP) is 2.65. The number of rotatable bonds is 4. The van der Waals surface area contributed by atoms with Crippen molar-refractivity contribution in [2.75, 3.05) is 0 Å². The normalized spacial score (nSPS) is 12.9. The highest BCUT2D eigenvalue weighted by molar-refractivity contribution is 7.52. The van der Waals surface area contributed by atoms with E-state index >= 15 is 0 Å². The molecule has 0 bridgehead atoms. The standard InChI is InChI=1S/C13H13O5P/c14-11-8-4-5-9-12(11)18-13(19(15,16)17)10-6-2-1-3-7-10/h1-9,13-14H,(H2,15,16,17)/t13-/m0/s1. The summed E-state index contributed by atoms with van der Waals surface area (Å²) in [4.78, 5) is 18.8. The van der Waals surface area contributed by atoms with E-state index in [9.17, 15) is 19.5 Å². The lowest BCUT2D eigenvalue weighted by atomic mass is 10.2. The summed E-state index contributed by atoms with van der Waals surface area (Å²) in [6.07, 6.45) is 0. The molecule has 0 heterocycles. The topological polar surface area (TPSA) is 87.0 Å². The lowest BCUT2D eigenvalue weighted by Crippen LogP contribution is -2.08. The second-order valence-corrected chi connectivity index (χ2v) is 5.58. The van der Waals surface area contributed by atoms with Gasteiger partial charge in [0, 0.05) is 5.56 Å². The molecule has 0 saturated carbocycles. The lowest BCUT2D eigenvalue weighted by Gasteiger charge is -2.20. The number of hydrogen-bond acceptors (Lipinski definition) is 3. The van der Waals surface area contributed by atoms with E-state index in [1.165, 1.54) is 12.1 Å². The monoisotopic (exact) mass is 280 g/mol. The minimum Gasteiger partial charge on any atom is -0.504 e. The number of phenolic OH excluding ortho intramolecular Hbond substituents is 1. The Morgan fingerprint density at radius 1 is 0.947 bits per heavy atom. The Morgan fingerprint density at radius 2 is 1.53 bits per heavy atom. The first-order chi connectivity index (χ1) is 8.98. The molecule has 19 heavy (non-hydrogen) atoms. The van der Waals surface area contributed by atoms with Gasteiger partial charge >= 0.3 is 7.60 Å². The number of hydrogen-bond donors (Lipinski definition) is 3. The summed E-state index contributed by atoms with van der Waals surface area (Å²) < 4.78 is 16.8. The Morgan fingerprint density at radius 3 is 2.11 bits per heavy atom. The average Bonchev–Trinajstić information content (AvgIpc) is 2.37. The molecule has 0 unspecified atom stereocenters. The van der Waals surface area contributed by atoms with Crippen molar-refractivity contribution in [2.24, 2.45) is 0 Å². The summed E-state index contributed by atoms with van der Waals surface area (Å²) in [5.41, 5.74) is 0.346. The average molecular weight is 280 g/mol. The minimum atomic E-state index is -4.52. The fourth-order valence-corrected chi connectivity index (χ4v) is 2.44. The quantitative estimate of drug-likeness (QED) is 0.749. The minimum absolute atomic E-state index is 0.0275. The Labute approximate surface area is 110 Å². The summed E-state index contributed by atoms with van der Waals surface area (Å²) in [6, 6.07) is 14.2. The molecular weight excluding hydrogens is 267 g/mol. The highest BCUT2D eigenvalue weighted by Gasteiger charge is 2.33. The lowest BCUT2D eigenvalue weighted by molar-refractivity contribution is 0.219. The van der Waals surface area contributed by atoms with Crippen LogP contribution in [0.4, 0.5) is 0 Å². The van der Waals surface area contributed by atoms with Crippen LogP contribution in [0.5, 0.6) is 11.5 Å². The molecule has 2 aromatic carbocycles. The number of ether oxygens (including phenoxy) is 1. The Kier molecular flexibility index (Phi) is 3.90. The maximum atomic E-state index is 11.5. The third-order valence-electron chi connectivity index (χ3n) is 2.49. The van der Waals surface area contributed by atoms with Crippen LogP contribution in [-0.2, 0) is 4.57 Å². The van der Waals surface area contributed by atoms with Gasteiger partial charge in [-0.2, -0.15) is 0 Å². The molecule has 6 heteroatoms. The van der Waals surface area contributed by atoms with E-state index < -0.39 is 13.4 Å². The third-order valence-corrected chi connectivity index (χ3v) is 3.51. The Balaban J connectivity index is 2.36. The van der Waals surface area contributed by atoms with E-state index in [1.807, 2.05) is 0 Å². The number of aromatic hydroxyl groups is 1. The molecule has 5 nitrogen and oxygen atoms in total. The first kappa shape index (κ1) is 13.6. The molecule has 0 aliphatic heterocycles. The molecule has 0 radical (unpaired) electrons. The van der Waals surface area contributed by atoms with Crippen LogP contribution in [0.25, 0.3) is 0 Å². The van der Waals surface area contributed by atoms with Gasteiger partial charge in [-0.1, -0.05) is 42.5 Å². The van der Waals surface area contributed by atoms with Crippen LogP contribution in [0.1, 0.15) is 11.4 Å². The van der Waals surface area contributed by atoms with Gasteiger partial charge in [0.2, 0.25) is 5.85 Å². The van der Waals surface area contributed by atoms with Gasteiger partial charge in [0.1, 0.15) is 0 Å². The van der Waals surface area contributed by atoms with Crippen LogP contribution in [0.15, 0.2) is 54.6 Å². The molecule has 0 aliphatic carbocycles. The predicted molar refractivity (Wildman–Crippen MR) is 70.0 cm³/mol. The molecule has 0 fully saturated rings. The second-order valence-electron chi connectivity index (χ2n) is 3.94. The zero-order chi connectivity index (χ0) is 13.9. The Hall–Kier alpha value is -1.81. The van der Waals surface area contributed by atoms with Gasteiger partial charge in [-0.05, 0) is 12.1 Å². The van der Waals surface area contributed by atoms with E-state index in [0.717, 1.165) is 0 Å². The maximum Gasteiger partial charge on any atom is 0.370 e. The molecule has 0 aliphatic rings. The highest BCUT2D eigenvalue weighted by atomic mass is 31.2. The van der Waals surface area contributed by atoms with Gasteiger partial charge in [-0.25, -0.2) is 0 Å². The molecule has 100 valence electrons. The van der Waals surface area contributed by atoms with Crippen molar-refractivity contribution in [1.29, 1.82) is 0 Å². The SMILES string of the molecule is O=P(O)(O)[C@H](Oc1ccccc1O)c1ccccc1. The summed E-state index contributed by atoms with van der Waals surface area (Å²) >= 11 is 0. The largest absolute Gasteiger partial charge is 0.504 e. The van der Waals surface area contributed by atoms with Gasteiger partial charge in [0.25, 0.3) is 0 Å². The molecular formula is C13H13O5P. The van der Waals surface area contributed by atoms with Crippen molar-refractivity contribution < 1.29 is 24.2 Å². The zero-order valence-corrected chi connectivity index (χ0v) is 10.8. The van der Waals surface area contributed by atoms with Gasteiger partial charge in [-0.15, -0.1) is 0 Å². The molecule has 3 N–H and O–H groups in total. The van der Waals surface area contributed by atoms with E-state index in [0.29, 0.717) is 5.56 Å². The zero-order valence-electron chi connectivity index (χ0n) is 9.88. The van der Waals surface area contributed by atoms with Crippen molar-refractivity contribution in [1.82, 2.24) is 0 Å². The molecule has 0 spiro atoms. The molecule has 1 atom stereocenters. The fraction of sp³-hybridized carbons (Fsp3) is 0.0769. The van der Waals surface area contributed by atoms with Crippen molar-refractivity contribution in [3.8, 4) is 11.5 Å². The van der Waals surface area contributed by atoms with Crippen LogP contribution >= 0.6 is 7.60 Å². The van der Waals surface area contributed by atoms with E-state index in [4.69, 9.17) is 4.74 Å². The van der Waals surface area contributed by atoms with Gasteiger partial charge < -0.3 is 19.6 Å².